The number of nitrogens with two attached hydrogens (primary N) is 1. The second kappa shape index (κ2) is 9.11. The Kier molecular flexibility index (Phi) is 5.85. The number of aryl methyl sites for hydroxylation is 1. The molecule has 9 nitrogen and oxygen atoms in total. The Labute approximate surface area is 196 Å². The van der Waals surface area contributed by atoms with Crippen LogP contribution in [-0.4, -0.2) is 38.5 Å². The van der Waals surface area contributed by atoms with Crippen LogP contribution in [0.15, 0.2) is 59.3 Å². The van der Waals surface area contributed by atoms with Crippen LogP contribution in [0.3, 0.4) is 0 Å². The maximum absolute atomic E-state index is 13.1. The number of benzene rings is 1. The number of nitrogens with zero attached hydrogens (tertiary/aromatic N) is 3. The van der Waals surface area contributed by atoms with Crippen LogP contribution in [-0.2, 0) is 0 Å². The normalized spacial score (nSPS) is 18.1. The highest BCUT2D eigenvalue weighted by atomic mass is 16.3. The highest BCUT2D eigenvalue weighted by Crippen LogP contribution is 2.24. The number of hydrogen-bond acceptors (Lipinski definition) is 6. The Morgan fingerprint density at radius 3 is 2.53 bits per heavy atom. The van der Waals surface area contributed by atoms with Crippen LogP contribution in [0, 0.1) is 6.92 Å². The van der Waals surface area contributed by atoms with Crippen molar-refractivity contribution in [3.63, 3.8) is 0 Å². The summed E-state index contributed by atoms with van der Waals surface area (Å²) in [5.41, 5.74) is 8.29. The third-order valence-electron chi connectivity index (χ3n) is 6.11. The van der Waals surface area contributed by atoms with E-state index in [-0.39, 0.29) is 35.2 Å². The minimum atomic E-state index is -0.377. The van der Waals surface area contributed by atoms with Crippen molar-refractivity contribution in [3.05, 3.63) is 71.9 Å². The highest BCUT2D eigenvalue weighted by Gasteiger charge is 2.23. The smallest absolute Gasteiger partial charge is 0.271 e. The average Bonchev–Trinajstić information content (AvgIpc) is 3.49. The first-order valence-corrected chi connectivity index (χ1v) is 11.4. The number of furan rings is 1. The van der Waals surface area contributed by atoms with E-state index in [1.165, 1.54) is 10.6 Å². The zero-order chi connectivity index (χ0) is 23.7. The molecule has 1 aliphatic carbocycles. The number of rotatable bonds is 5. The lowest BCUT2D eigenvalue weighted by Gasteiger charge is -2.26. The van der Waals surface area contributed by atoms with Crippen molar-refractivity contribution in [3.8, 4) is 11.3 Å². The number of carbonyl (C=O) groups excluding carboxylic acids is 2. The van der Waals surface area contributed by atoms with Crippen molar-refractivity contribution in [1.82, 2.24) is 19.9 Å². The van der Waals surface area contributed by atoms with Gasteiger partial charge in [0.2, 0.25) is 0 Å². The maximum Gasteiger partial charge on any atom is 0.271 e. The van der Waals surface area contributed by atoms with Gasteiger partial charge < -0.3 is 20.8 Å². The highest BCUT2D eigenvalue weighted by molar-refractivity contribution is 6.09. The lowest BCUT2D eigenvalue weighted by Crippen LogP contribution is -2.41. The molecule has 3 heterocycles. The molecule has 1 aliphatic rings. The van der Waals surface area contributed by atoms with Crippen LogP contribution in [0.5, 0.6) is 0 Å². The van der Waals surface area contributed by atoms with E-state index in [0.29, 0.717) is 11.3 Å². The Bertz CT molecular complexity index is 1330. The molecule has 0 aliphatic heterocycles. The SMILES string of the molecule is Cc1ccc(-c2ccc(NC(=O)c3cc(C(=O)NC4CCC(N)CC4)nn4ccnc34)cc2)o1. The summed E-state index contributed by atoms with van der Waals surface area (Å²) in [4.78, 5) is 30.3. The molecule has 34 heavy (non-hydrogen) atoms. The van der Waals surface area contributed by atoms with Gasteiger partial charge in [0.25, 0.3) is 11.8 Å². The van der Waals surface area contributed by atoms with Gasteiger partial charge >= 0.3 is 0 Å². The Hall–Kier alpha value is -3.98. The number of anilines is 1. The standard InChI is InChI=1S/C25H26N6O3/c1-15-2-11-22(34-15)16-3-7-18(8-4-16)28-24(32)20-14-21(30-31-13-12-27-23(20)31)25(33)29-19-9-5-17(26)6-10-19/h2-4,7-8,11-14,17,19H,5-6,9-10,26H2,1H3,(H,28,32)(H,29,33). The Morgan fingerprint density at radius 2 is 1.82 bits per heavy atom. The Balaban J connectivity index is 1.34. The third-order valence-corrected chi connectivity index (χ3v) is 6.11. The van der Waals surface area contributed by atoms with Crippen molar-refractivity contribution in [2.75, 3.05) is 5.32 Å². The van der Waals surface area contributed by atoms with Gasteiger partial charge in [-0.05, 0) is 75.1 Å². The summed E-state index contributed by atoms with van der Waals surface area (Å²) in [5, 5.41) is 10.2. The number of imidazole rings is 1. The zero-order valence-corrected chi connectivity index (χ0v) is 18.8. The van der Waals surface area contributed by atoms with Crippen molar-refractivity contribution in [1.29, 1.82) is 0 Å². The predicted molar refractivity (Wildman–Crippen MR) is 128 cm³/mol. The summed E-state index contributed by atoms with van der Waals surface area (Å²) in [7, 11) is 0. The molecule has 1 saturated carbocycles. The van der Waals surface area contributed by atoms with Crippen molar-refractivity contribution < 1.29 is 14.0 Å². The minimum absolute atomic E-state index is 0.0568. The molecule has 0 saturated heterocycles. The summed E-state index contributed by atoms with van der Waals surface area (Å²) < 4.78 is 7.09. The Morgan fingerprint density at radius 1 is 1.06 bits per heavy atom. The van der Waals surface area contributed by atoms with Gasteiger partial charge in [-0.15, -0.1) is 0 Å². The van der Waals surface area contributed by atoms with Gasteiger partial charge in [0, 0.05) is 35.7 Å². The molecule has 1 aromatic carbocycles. The summed E-state index contributed by atoms with van der Waals surface area (Å²) in [6.45, 7) is 1.89. The van der Waals surface area contributed by atoms with Gasteiger partial charge in [-0.1, -0.05) is 0 Å². The summed E-state index contributed by atoms with van der Waals surface area (Å²) in [6.07, 6.45) is 6.59. The third kappa shape index (κ3) is 4.55. The van der Waals surface area contributed by atoms with E-state index in [1.807, 2.05) is 31.2 Å². The van der Waals surface area contributed by atoms with E-state index in [4.69, 9.17) is 10.2 Å². The van der Waals surface area contributed by atoms with Crippen LogP contribution >= 0.6 is 0 Å². The largest absolute Gasteiger partial charge is 0.461 e. The minimum Gasteiger partial charge on any atom is -0.461 e. The lowest BCUT2D eigenvalue weighted by atomic mass is 9.92. The van der Waals surface area contributed by atoms with E-state index in [0.717, 1.165) is 42.8 Å². The molecule has 2 amide bonds. The first kappa shape index (κ1) is 21.8. The number of fused-ring (bicyclic) bond motifs is 1. The molecule has 4 N–H and O–H groups in total. The van der Waals surface area contributed by atoms with Gasteiger partial charge in [-0.2, -0.15) is 5.10 Å². The van der Waals surface area contributed by atoms with E-state index in [9.17, 15) is 9.59 Å². The fraction of sp³-hybridized carbons (Fsp3) is 0.280. The second-order valence-electron chi connectivity index (χ2n) is 8.67. The zero-order valence-electron chi connectivity index (χ0n) is 18.8. The number of aromatic nitrogens is 3. The molecular weight excluding hydrogens is 432 g/mol. The van der Waals surface area contributed by atoms with Crippen molar-refractivity contribution in [2.24, 2.45) is 5.73 Å². The van der Waals surface area contributed by atoms with Crippen LogP contribution < -0.4 is 16.4 Å². The average molecular weight is 459 g/mol. The van der Waals surface area contributed by atoms with Gasteiger partial charge in [0.05, 0.1) is 5.56 Å². The molecule has 4 aromatic rings. The van der Waals surface area contributed by atoms with Crippen molar-refractivity contribution >= 4 is 23.1 Å². The first-order chi connectivity index (χ1) is 16.5. The fourth-order valence-electron chi connectivity index (χ4n) is 4.22. The molecule has 3 aromatic heterocycles. The molecule has 0 atom stereocenters. The lowest BCUT2D eigenvalue weighted by molar-refractivity contribution is 0.0919. The molecule has 174 valence electrons. The monoisotopic (exact) mass is 458 g/mol. The molecular formula is C25H26N6O3. The molecule has 0 bridgehead atoms. The van der Waals surface area contributed by atoms with Crippen LogP contribution in [0.1, 0.15) is 52.3 Å². The van der Waals surface area contributed by atoms with E-state index < -0.39 is 0 Å². The van der Waals surface area contributed by atoms with Gasteiger partial charge in [-0.25, -0.2) is 9.50 Å². The van der Waals surface area contributed by atoms with Gasteiger partial charge in [0.15, 0.2) is 5.65 Å². The van der Waals surface area contributed by atoms with Crippen LogP contribution in [0.4, 0.5) is 5.69 Å². The molecule has 9 heteroatoms. The van der Waals surface area contributed by atoms with Crippen LogP contribution in [0.25, 0.3) is 17.0 Å². The molecule has 0 radical (unpaired) electrons. The number of hydrogen-bond donors (Lipinski definition) is 3. The summed E-state index contributed by atoms with van der Waals surface area (Å²) in [6, 6.07) is 12.9. The van der Waals surface area contributed by atoms with Gasteiger partial charge in [0.1, 0.15) is 17.2 Å². The van der Waals surface area contributed by atoms with E-state index in [1.54, 1.807) is 24.5 Å². The quantitative estimate of drug-likeness (QED) is 0.420. The topological polar surface area (TPSA) is 128 Å². The predicted octanol–water partition coefficient (Wildman–Crippen LogP) is 3.55. The molecule has 5 rings (SSSR count). The molecule has 0 unspecified atom stereocenters. The molecule has 0 spiro atoms. The maximum atomic E-state index is 13.1. The fourth-order valence-corrected chi connectivity index (χ4v) is 4.22. The number of amides is 2. The summed E-state index contributed by atoms with van der Waals surface area (Å²) in [5.74, 6) is 0.904. The van der Waals surface area contributed by atoms with Gasteiger partial charge in [-0.3, -0.25) is 9.59 Å². The molecule has 1 fully saturated rings. The number of carbonyl (C=O) groups is 2. The second-order valence-corrected chi connectivity index (χ2v) is 8.67. The van der Waals surface area contributed by atoms with E-state index in [2.05, 4.69) is 20.7 Å². The van der Waals surface area contributed by atoms with E-state index >= 15 is 0 Å². The number of nitrogens with one attached hydrogen (secondary N) is 2. The van der Waals surface area contributed by atoms with Crippen molar-refractivity contribution in [2.45, 2.75) is 44.7 Å². The first-order valence-electron chi connectivity index (χ1n) is 11.4. The van der Waals surface area contributed by atoms with Crippen LogP contribution in [0.2, 0.25) is 0 Å². The summed E-state index contributed by atoms with van der Waals surface area (Å²) >= 11 is 0.